The Morgan fingerprint density at radius 2 is 2.00 bits per heavy atom. The third-order valence-electron chi connectivity index (χ3n) is 5.44. The molecule has 0 amide bonds. The summed E-state index contributed by atoms with van der Waals surface area (Å²) in [6, 6.07) is 15.4. The normalized spacial score (nSPS) is 15.6. The molecule has 0 saturated carbocycles. The molecule has 1 atom stereocenters. The summed E-state index contributed by atoms with van der Waals surface area (Å²) in [5.74, 6) is 1.15. The SMILES string of the molecule is CCCCCOC(=O)C1=C(C)Nc2nc3ccccc3n2[C@H]1c1cccc(OC)c1. The number of anilines is 1. The summed E-state index contributed by atoms with van der Waals surface area (Å²) in [5.41, 5.74) is 4.12. The smallest absolute Gasteiger partial charge is 0.338 e. The van der Waals surface area contributed by atoms with E-state index >= 15 is 0 Å². The molecule has 3 aromatic rings. The number of ether oxygens (including phenoxy) is 2. The summed E-state index contributed by atoms with van der Waals surface area (Å²) in [6.45, 7) is 4.45. The van der Waals surface area contributed by atoms with Gasteiger partial charge >= 0.3 is 5.97 Å². The van der Waals surface area contributed by atoms with E-state index in [0.29, 0.717) is 18.1 Å². The Morgan fingerprint density at radius 1 is 1.17 bits per heavy atom. The molecule has 1 aromatic heterocycles. The predicted molar refractivity (Wildman–Crippen MR) is 118 cm³/mol. The molecule has 1 N–H and O–H groups in total. The van der Waals surface area contributed by atoms with Crippen LogP contribution in [0.1, 0.15) is 44.7 Å². The van der Waals surface area contributed by atoms with Crippen molar-refractivity contribution >= 4 is 23.0 Å². The van der Waals surface area contributed by atoms with Crippen LogP contribution < -0.4 is 10.1 Å². The van der Waals surface area contributed by atoms with Gasteiger partial charge in [0, 0.05) is 5.70 Å². The Morgan fingerprint density at radius 3 is 2.80 bits per heavy atom. The number of benzene rings is 2. The van der Waals surface area contributed by atoms with Crippen LogP contribution in [0.5, 0.6) is 5.75 Å². The van der Waals surface area contributed by atoms with E-state index in [1.54, 1.807) is 7.11 Å². The van der Waals surface area contributed by atoms with Crippen LogP contribution in [0.15, 0.2) is 59.8 Å². The summed E-state index contributed by atoms with van der Waals surface area (Å²) < 4.78 is 13.2. The molecule has 2 aromatic carbocycles. The molecule has 6 heteroatoms. The second-order valence-corrected chi connectivity index (χ2v) is 7.48. The molecule has 1 aliphatic heterocycles. The van der Waals surface area contributed by atoms with Gasteiger partial charge in [-0.05, 0) is 43.2 Å². The maximum Gasteiger partial charge on any atom is 0.338 e. The zero-order chi connectivity index (χ0) is 21.1. The first-order chi connectivity index (χ1) is 14.6. The number of fused-ring (bicyclic) bond motifs is 3. The number of allylic oxidation sites excluding steroid dienone is 1. The van der Waals surface area contributed by atoms with Crippen LogP contribution in [0.4, 0.5) is 5.95 Å². The highest BCUT2D eigenvalue weighted by atomic mass is 16.5. The van der Waals surface area contributed by atoms with Crippen molar-refractivity contribution in [3.63, 3.8) is 0 Å². The standard InChI is InChI=1S/C24H27N3O3/c1-4-5-8-14-30-23(28)21-16(2)25-24-26-19-12-6-7-13-20(19)27(24)22(21)17-10-9-11-18(15-17)29-3/h6-7,9-13,15,22H,4-5,8,14H2,1-3H3,(H,25,26)/t22-/m0/s1. The lowest BCUT2D eigenvalue weighted by atomic mass is 9.95. The van der Waals surface area contributed by atoms with Crippen molar-refractivity contribution in [3.05, 3.63) is 65.4 Å². The number of carbonyl (C=O) groups excluding carboxylic acids is 1. The van der Waals surface area contributed by atoms with Gasteiger partial charge in [-0.15, -0.1) is 0 Å². The van der Waals surface area contributed by atoms with Crippen LogP contribution in [0.3, 0.4) is 0 Å². The van der Waals surface area contributed by atoms with Gasteiger partial charge in [0.15, 0.2) is 0 Å². The van der Waals surface area contributed by atoms with Crippen molar-refractivity contribution < 1.29 is 14.3 Å². The quantitative estimate of drug-likeness (QED) is 0.439. The number of aromatic nitrogens is 2. The van der Waals surface area contributed by atoms with Crippen molar-refractivity contribution in [2.75, 3.05) is 19.0 Å². The molecule has 4 rings (SSSR count). The average Bonchev–Trinajstić information content (AvgIpc) is 3.13. The molecule has 6 nitrogen and oxygen atoms in total. The van der Waals surface area contributed by atoms with Crippen molar-refractivity contribution in [2.45, 2.75) is 39.2 Å². The number of esters is 1. The lowest BCUT2D eigenvalue weighted by molar-refractivity contribution is -0.139. The predicted octanol–water partition coefficient (Wildman–Crippen LogP) is 5.07. The summed E-state index contributed by atoms with van der Waals surface area (Å²) in [7, 11) is 1.64. The van der Waals surface area contributed by atoms with Gasteiger partial charge in [-0.2, -0.15) is 0 Å². The van der Waals surface area contributed by atoms with Crippen molar-refractivity contribution in [1.82, 2.24) is 9.55 Å². The van der Waals surface area contributed by atoms with Crippen LogP contribution in [-0.2, 0) is 9.53 Å². The number of methoxy groups -OCH3 is 1. The molecule has 30 heavy (non-hydrogen) atoms. The summed E-state index contributed by atoms with van der Waals surface area (Å²) in [4.78, 5) is 17.9. The van der Waals surface area contributed by atoms with Gasteiger partial charge in [0.25, 0.3) is 0 Å². The van der Waals surface area contributed by atoms with Gasteiger partial charge in [-0.1, -0.05) is 44.0 Å². The van der Waals surface area contributed by atoms with E-state index in [2.05, 4.69) is 16.8 Å². The summed E-state index contributed by atoms with van der Waals surface area (Å²) in [6.07, 6.45) is 2.99. The highest BCUT2D eigenvalue weighted by Crippen LogP contribution is 2.40. The van der Waals surface area contributed by atoms with Gasteiger partial charge in [0.05, 0.1) is 36.4 Å². The monoisotopic (exact) mass is 405 g/mol. The highest BCUT2D eigenvalue weighted by molar-refractivity contribution is 5.94. The minimum atomic E-state index is -0.359. The van der Waals surface area contributed by atoms with E-state index in [1.807, 2.05) is 55.5 Å². The van der Waals surface area contributed by atoms with Crippen LogP contribution >= 0.6 is 0 Å². The second-order valence-electron chi connectivity index (χ2n) is 7.48. The number of imidazole rings is 1. The maximum atomic E-state index is 13.2. The minimum absolute atomic E-state index is 0.299. The maximum absolute atomic E-state index is 13.2. The molecule has 0 saturated heterocycles. The van der Waals surface area contributed by atoms with E-state index in [4.69, 9.17) is 14.5 Å². The van der Waals surface area contributed by atoms with Gasteiger partial charge < -0.3 is 14.8 Å². The molecule has 156 valence electrons. The number of rotatable bonds is 7. The van der Waals surface area contributed by atoms with Gasteiger partial charge in [-0.25, -0.2) is 9.78 Å². The molecule has 0 bridgehead atoms. The van der Waals surface area contributed by atoms with Crippen LogP contribution in [0.2, 0.25) is 0 Å². The zero-order valence-corrected chi connectivity index (χ0v) is 17.6. The molecule has 1 aliphatic rings. The van der Waals surface area contributed by atoms with Crippen molar-refractivity contribution in [3.8, 4) is 5.75 Å². The molecule has 0 radical (unpaired) electrons. The molecule has 2 heterocycles. The molecular formula is C24H27N3O3. The first-order valence-corrected chi connectivity index (χ1v) is 10.4. The largest absolute Gasteiger partial charge is 0.497 e. The number of hydrogen-bond donors (Lipinski definition) is 1. The summed E-state index contributed by atoms with van der Waals surface area (Å²) >= 11 is 0. The van der Waals surface area contributed by atoms with E-state index in [9.17, 15) is 4.79 Å². The highest BCUT2D eigenvalue weighted by Gasteiger charge is 2.35. The van der Waals surface area contributed by atoms with E-state index in [0.717, 1.165) is 47.3 Å². The van der Waals surface area contributed by atoms with Crippen molar-refractivity contribution in [1.29, 1.82) is 0 Å². The van der Waals surface area contributed by atoms with Crippen LogP contribution in [-0.4, -0.2) is 29.2 Å². The lowest BCUT2D eigenvalue weighted by Crippen LogP contribution is -2.29. The third-order valence-corrected chi connectivity index (χ3v) is 5.44. The average molecular weight is 405 g/mol. The topological polar surface area (TPSA) is 65.4 Å². The number of unbranched alkanes of at least 4 members (excludes halogenated alkanes) is 2. The first-order valence-electron chi connectivity index (χ1n) is 10.4. The fourth-order valence-electron chi connectivity index (χ4n) is 3.95. The molecular weight excluding hydrogens is 378 g/mol. The Labute approximate surface area is 176 Å². The van der Waals surface area contributed by atoms with Crippen molar-refractivity contribution in [2.24, 2.45) is 0 Å². The van der Waals surface area contributed by atoms with E-state index in [-0.39, 0.29) is 12.0 Å². The second kappa shape index (κ2) is 8.61. The number of para-hydroxylation sites is 2. The molecule has 0 aliphatic carbocycles. The first kappa shape index (κ1) is 20.0. The number of nitrogens with one attached hydrogen (secondary N) is 1. The van der Waals surface area contributed by atoms with E-state index in [1.165, 1.54) is 0 Å². The molecule has 0 fully saturated rings. The fourth-order valence-corrected chi connectivity index (χ4v) is 3.95. The van der Waals surface area contributed by atoms with Crippen LogP contribution in [0, 0.1) is 0 Å². The summed E-state index contributed by atoms with van der Waals surface area (Å²) in [5, 5.41) is 3.31. The van der Waals surface area contributed by atoms with Gasteiger partial charge in [0.2, 0.25) is 5.95 Å². The number of carbonyl (C=O) groups is 1. The third kappa shape index (κ3) is 3.65. The Balaban J connectivity index is 1.82. The van der Waals surface area contributed by atoms with Gasteiger partial charge in [-0.3, -0.25) is 4.57 Å². The molecule has 0 unspecified atom stereocenters. The lowest BCUT2D eigenvalue weighted by Gasteiger charge is -2.30. The Hall–Kier alpha value is -3.28. The fraction of sp³-hybridized carbons (Fsp3) is 0.333. The van der Waals surface area contributed by atoms with Gasteiger partial charge in [0.1, 0.15) is 5.75 Å². The number of nitrogens with zero attached hydrogens (tertiary/aromatic N) is 2. The zero-order valence-electron chi connectivity index (χ0n) is 17.6. The Bertz CT molecular complexity index is 1100. The minimum Gasteiger partial charge on any atom is -0.497 e. The number of hydrogen-bond acceptors (Lipinski definition) is 5. The van der Waals surface area contributed by atoms with Crippen LogP contribution in [0.25, 0.3) is 11.0 Å². The molecule has 0 spiro atoms. The Kier molecular flexibility index (Phi) is 5.74. The van der Waals surface area contributed by atoms with E-state index < -0.39 is 0 Å².